The number of ether oxygens (including phenoxy) is 6. The quantitative estimate of drug-likeness (QED) is 0.0313. The third kappa shape index (κ3) is 58.1. The summed E-state index contributed by atoms with van der Waals surface area (Å²) in [5.74, 6) is 0.238. The molecule has 0 aromatic heterocycles. The fourth-order valence-electron chi connectivity index (χ4n) is 8.05. The van der Waals surface area contributed by atoms with Crippen molar-refractivity contribution in [1.29, 1.82) is 0 Å². The van der Waals surface area contributed by atoms with Crippen LogP contribution >= 0.6 is 45.1 Å². The van der Waals surface area contributed by atoms with Gasteiger partial charge >= 0.3 is 40.3 Å². The van der Waals surface area contributed by atoms with Crippen molar-refractivity contribution in [3.63, 3.8) is 0 Å². The predicted octanol–water partition coefficient (Wildman–Crippen LogP) is -8.49. The molecule has 17 N–H and O–H groups in total. The van der Waals surface area contributed by atoms with Crippen molar-refractivity contribution >= 4 is 104 Å². The van der Waals surface area contributed by atoms with E-state index in [0.717, 1.165) is 19.5 Å². The minimum Gasteiger partial charge on any atom is -0.780 e. The molecule has 6 heterocycles. The molecule has 84 heavy (non-hydrogen) atoms. The Bertz CT molecular complexity index is 1840. The standard InChI is InChI=1S/C17H27B3O6.3C5H8BO2.C5H14O6P2.CH5O3P.H4NO3P.H3O4P.H3O3PS.Y/c18-15-3-8(12(5-21)24-15)1-10-11(17(20)26-14(10)7-23)2-9-4-16(19)25-13(9)6-22;1-3-2-4(7)5(6)8-3;2*6-5-2-1-4(3-7)8-5;6-12(7,8)4-2-1-3-5-13(9,10)11;3*1-5(2,3)4;1-4(2,3)5;/h8-17,21-23H,1-7H2;3-5,7H,1-2H2;2,4-5,7H,1,3H2;1,4-5,7H,2-3H2;1-5H2,(H2,6,7,8)(H2,9,10,11);1H3,(H2,2,3,4);(H4,1,2,3,4);(H3,1,2,3,4);(H3,1,2,3,5);/q;3*-1;;;;;;+3/p-5. The van der Waals surface area contributed by atoms with Gasteiger partial charge in [0.2, 0.25) is 0 Å². The Morgan fingerprint density at radius 2 is 0.964 bits per heavy atom. The largest absolute Gasteiger partial charge is 3.00 e. The smallest absolute Gasteiger partial charge is 0.780 e. The molecule has 20 unspecified atom stereocenters. The average Bonchev–Trinajstić information content (AvgIpc) is 4.16. The zero-order valence-electron chi connectivity index (χ0n) is 45.6. The van der Waals surface area contributed by atoms with Gasteiger partial charge in [0.15, 0.2) is 7.75 Å². The molecule has 0 bridgehead atoms. The van der Waals surface area contributed by atoms with E-state index in [1.165, 1.54) is 0 Å². The fourth-order valence-corrected chi connectivity index (χ4v) is 9.29. The minimum atomic E-state index is -4.89. The predicted molar refractivity (Wildman–Crippen MR) is 294 cm³/mol. The molecule has 6 aliphatic rings. The van der Waals surface area contributed by atoms with Gasteiger partial charge in [0.25, 0.3) is 7.82 Å². The van der Waals surface area contributed by atoms with Crippen molar-refractivity contribution in [2.24, 2.45) is 29.2 Å². The molecule has 20 atom stereocenters. The van der Waals surface area contributed by atoms with Crippen LogP contribution in [0.1, 0.15) is 64.2 Å². The van der Waals surface area contributed by atoms with Crippen molar-refractivity contribution in [3.05, 3.63) is 19.8 Å². The van der Waals surface area contributed by atoms with Gasteiger partial charge in [0.05, 0.1) is 58.7 Å². The number of hydrogen-bond acceptors (Lipinski definition) is 23. The van der Waals surface area contributed by atoms with Gasteiger partial charge in [0.1, 0.15) is 61.1 Å². The van der Waals surface area contributed by atoms with Gasteiger partial charge in [-0.15, -0.1) is 6.42 Å². The van der Waals surface area contributed by atoms with Gasteiger partial charge in [-0.2, -0.15) is 6.42 Å². The molecule has 0 aromatic carbocycles. The number of rotatable bonds is 15. The molecule has 0 spiro atoms. The Labute approximate surface area is 527 Å². The second kappa shape index (κ2) is 46.3. The number of aliphatic hydroxyl groups excluding tert-OH is 6. The SMILES string of the molecule is CP(=O)(O)O.NP(=O)([O-])O.O=P([O-])(O)CCCCCP(=O)([O-])O.O=P([O-])(O)O.[B]C1CC(CC2C([B])OC(CO)C2CC2CC([B])OC2CO)C(CO)O1.[B]C1C[CH-]C(CO)O1.[B]C1OC([CH2-])CC1O.[B]C1[CH-]CC(CO)O1.[O-]P(O)(O)=S.[Y+3]. The maximum atomic E-state index is 10.2. The van der Waals surface area contributed by atoms with Crippen molar-refractivity contribution < 1.29 is 183 Å². The Balaban J connectivity index is -0.000000468. The topological polar surface area (TPSA) is 586 Å². The molecule has 0 amide bonds. The molecule has 46 heteroatoms. The van der Waals surface area contributed by atoms with Gasteiger partial charge in [-0.1, -0.05) is 30.3 Å². The monoisotopic (exact) mass is 1410 g/mol. The summed E-state index contributed by atoms with van der Waals surface area (Å²) in [6.07, 6.45) is 6.89. The van der Waals surface area contributed by atoms with E-state index in [4.69, 9.17) is 159 Å². The molecule has 0 aliphatic carbocycles. The Morgan fingerprint density at radius 1 is 0.571 bits per heavy atom. The number of unbranched alkanes of at least 4 members (excludes halogenated alkanes) is 2. The summed E-state index contributed by atoms with van der Waals surface area (Å²) >= 11 is 3.49. The number of nitrogens with two attached hydrogens (primary N) is 1. The summed E-state index contributed by atoms with van der Waals surface area (Å²) in [6.45, 7) is 0.234. The summed E-state index contributed by atoms with van der Waals surface area (Å²) in [4.78, 5) is 116. The maximum absolute atomic E-state index is 10.2. The molecular formula is C38H75B6NO31P6SY-5. The first kappa shape index (κ1) is 92.6. The van der Waals surface area contributed by atoms with Crippen LogP contribution in [0.15, 0.2) is 0 Å². The van der Waals surface area contributed by atoms with Crippen LogP contribution in [0.3, 0.4) is 0 Å². The fraction of sp³-hybridized carbons (Fsp3) is 0.921. The first-order chi connectivity index (χ1) is 37.5. The summed E-state index contributed by atoms with van der Waals surface area (Å²) in [7, 11) is 12.6. The van der Waals surface area contributed by atoms with E-state index in [2.05, 4.69) is 24.2 Å². The van der Waals surface area contributed by atoms with Gasteiger partial charge in [-0.25, -0.2) is 0 Å². The van der Waals surface area contributed by atoms with E-state index in [9.17, 15) is 38.8 Å². The average molecular weight is 1410 g/mol. The summed E-state index contributed by atoms with van der Waals surface area (Å²) in [5.41, 5.74) is 3.91. The summed E-state index contributed by atoms with van der Waals surface area (Å²) in [5, 5.41) is 54.7. The summed E-state index contributed by atoms with van der Waals surface area (Å²) in [6, 6.07) is -2.20. The van der Waals surface area contributed by atoms with Crippen LogP contribution in [0.4, 0.5) is 0 Å². The molecule has 6 rings (SSSR count). The first-order valence-corrected chi connectivity index (χ1v) is 36.0. The molecule has 0 saturated carbocycles. The van der Waals surface area contributed by atoms with Crippen LogP contribution in [0.2, 0.25) is 0 Å². The zero-order chi connectivity index (χ0) is 65.5. The second-order valence-corrected chi connectivity index (χ2v) is 28.5. The van der Waals surface area contributed by atoms with Crippen LogP contribution in [0.25, 0.3) is 0 Å². The van der Waals surface area contributed by atoms with Gasteiger partial charge < -0.3 is 150 Å². The molecule has 0 aromatic rings. The van der Waals surface area contributed by atoms with Crippen LogP contribution in [0, 0.1) is 43.4 Å². The molecule has 12 radical (unpaired) electrons. The Hall–Kier alpha value is 2.21. The number of hydrogen-bond donors (Lipinski definition) is 16. The number of phosphoric acid groups is 1. The molecule has 6 aliphatic heterocycles. The minimum absolute atomic E-state index is 0. The third-order valence-corrected chi connectivity index (χ3v) is 13.0. The van der Waals surface area contributed by atoms with Crippen LogP contribution in [-0.4, -0.2) is 253 Å². The van der Waals surface area contributed by atoms with E-state index >= 15 is 0 Å². The van der Waals surface area contributed by atoms with Crippen molar-refractivity contribution in [3.8, 4) is 0 Å². The second-order valence-electron chi connectivity index (χ2n) is 18.8. The van der Waals surface area contributed by atoms with E-state index in [0.29, 0.717) is 38.5 Å². The van der Waals surface area contributed by atoms with Gasteiger partial charge in [-0.05, 0) is 80.7 Å². The van der Waals surface area contributed by atoms with E-state index < -0.39 is 63.2 Å². The third-order valence-electron chi connectivity index (χ3n) is 11.3. The van der Waals surface area contributed by atoms with Gasteiger partial charge in [0, 0.05) is 55.7 Å². The Kier molecular flexibility index (Phi) is 51.1. The van der Waals surface area contributed by atoms with Crippen molar-refractivity contribution in [2.45, 2.75) is 143 Å². The normalized spacial score (nSPS) is 33.5. The van der Waals surface area contributed by atoms with Crippen LogP contribution < -0.4 is 30.0 Å². The van der Waals surface area contributed by atoms with E-state index in [1.54, 1.807) is 0 Å². The molecule has 32 nitrogen and oxygen atoms in total. The molecular weight excluding hydrogens is 1340 g/mol. The number of aliphatic hydroxyl groups is 6. The van der Waals surface area contributed by atoms with Crippen molar-refractivity contribution in [2.75, 3.05) is 52.0 Å². The van der Waals surface area contributed by atoms with E-state index in [-0.39, 0.29) is 175 Å². The molecule has 480 valence electrons. The zero-order valence-corrected chi connectivity index (χ0v) is 54.7. The summed E-state index contributed by atoms with van der Waals surface area (Å²) < 4.78 is 79.3. The maximum Gasteiger partial charge on any atom is 3.00 e. The van der Waals surface area contributed by atoms with E-state index in [1.807, 2.05) is 12.8 Å². The Morgan fingerprint density at radius 3 is 1.20 bits per heavy atom. The molecule has 6 saturated heterocycles. The van der Waals surface area contributed by atoms with Crippen LogP contribution in [-0.2, 0) is 95.8 Å². The molecule has 6 fully saturated rings. The van der Waals surface area contributed by atoms with Crippen molar-refractivity contribution in [1.82, 2.24) is 0 Å². The first-order valence-electron chi connectivity index (χ1n) is 24.6. The van der Waals surface area contributed by atoms with Gasteiger partial charge in [-0.3, -0.25) is 25.6 Å². The van der Waals surface area contributed by atoms with Crippen LogP contribution in [0.5, 0.6) is 0 Å².